The molecule has 1 saturated carbocycles. The van der Waals surface area contributed by atoms with E-state index in [0.29, 0.717) is 25.7 Å². The highest BCUT2D eigenvalue weighted by Crippen LogP contribution is 2.39. The Morgan fingerprint density at radius 2 is 1.79 bits per heavy atom. The van der Waals surface area contributed by atoms with Crippen LogP contribution in [0.4, 0.5) is 18.9 Å². The summed E-state index contributed by atoms with van der Waals surface area (Å²) in [5, 5.41) is 11.9. The lowest BCUT2D eigenvalue weighted by molar-refractivity contribution is -0.143. The molecule has 6 heteroatoms. The van der Waals surface area contributed by atoms with E-state index in [0.717, 1.165) is 6.07 Å². The first-order valence-electron chi connectivity index (χ1n) is 6.03. The number of benzene rings is 1. The van der Waals surface area contributed by atoms with E-state index >= 15 is 0 Å². The Bertz CT molecular complexity index is 479. The molecule has 1 aliphatic rings. The number of anilines is 1. The van der Waals surface area contributed by atoms with E-state index < -0.39 is 23.2 Å². The van der Waals surface area contributed by atoms with Gasteiger partial charge in [0.15, 0.2) is 0 Å². The molecule has 1 aromatic carbocycles. The predicted octanol–water partition coefficient (Wildman–Crippen LogP) is 3.51. The van der Waals surface area contributed by atoms with E-state index in [1.54, 1.807) is 0 Å². The molecule has 104 valence electrons. The summed E-state index contributed by atoms with van der Waals surface area (Å²) in [6, 6.07) is 4.97. The molecule has 0 atom stereocenters. The van der Waals surface area contributed by atoms with Crippen molar-refractivity contribution >= 4 is 11.7 Å². The van der Waals surface area contributed by atoms with Crippen LogP contribution in [-0.4, -0.2) is 16.6 Å². The zero-order chi connectivity index (χ0) is 14.1. The number of rotatable bonds is 3. The van der Waals surface area contributed by atoms with Crippen molar-refractivity contribution < 1.29 is 23.1 Å². The van der Waals surface area contributed by atoms with E-state index in [4.69, 9.17) is 0 Å². The lowest BCUT2D eigenvalue weighted by Gasteiger charge is -2.28. The van der Waals surface area contributed by atoms with E-state index in [9.17, 15) is 23.1 Å². The maximum atomic E-state index is 12.9. The summed E-state index contributed by atoms with van der Waals surface area (Å²) in [6.45, 7) is 0. The summed E-state index contributed by atoms with van der Waals surface area (Å²) in [7, 11) is 0. The summed E-state index contributed by atoms with van der Waals surface area (Å²) < 4.78 is 38.6. The maximum absolute atomic E-state index is 12.9. The minimum Gasteiger partial charge on any atom is -0.480 e. The standard InChI is InChI=1S/C13H14F3NO2/c14-13(15,16)9-5-1-2-6-10(9)17-12(11(18)19)7-3-4-8-12/h1-2,5-6,17H,3-4,7-8H2,(H,18,19). The summed E-state index contributed by atoms with van der Waals surface area (Å²) >= 11 is 0. The van der Waals surface area contributed by atoms with Crippen LogP contribution in [0.3, 0.4) is 0 Å². The van der Waals surface area contributed by atoms with Gasteiger partial charge in [-0.2, -0.15) is 13.2 Å². The van der Waals surface area contributed by atoms with Gasteiger partial charge >= 0.3 is 12.1 Å². The highest BCUT2D eigenvalue weighted by Gasteiger charge is 2.43. The molecule has 3 nitrogen and oxygen atoms in total. The van der Waals surface area contributed by atoms with Gasteiger partial charge in [-0.25, -0.2) is 4.79 Å². The molecule has 1 aromatic rings. The van der Waals surface area contributed by atoms with E-state index in [1.165, 1.54) is 18.2 Å². The third-order valence-corrected chi connectivity index (χ3v) is 3.47. The molecule has 2 rings (SSSR count). The highest BCUT2D eigenvalue weighted by atomic mass is 19.4. The summed E-state index contributed by atoms with van der Waals surface area (Å²) in [5.74, 6) is -1.10. The number of para-hydroxylation sites is 1. The fourth-order valence-corrected chi connectivity index (χ4v) is 2.47. The van der Waals surface area contributed by atoms with E-state index in [-0.39, 0.29) is 5.69 Å². The minimum absolute atomic E-state index is 0.167. The van der Waals surface area contributed by atoms with Gasteiger partial charge in [0.2, 0.25) is 0 Å². The molecule has 1 aliphatic carbocycles. The van der Waals surface area contributed by atoms with Crippen molar-refractivity contribution in [2.75, 3.05) is 5.32 Å². The van der Waals surface area contributed by atoms with Crippen LogP contribution in [0.5, 0.6) is 0 Å². The zero-order valence-corrected chi connectivity index (χ0v) is 10.1. The fraction of sp³-hybridized carbons (Fsp3) is 0.462. The topological polar surface area (TPSA) is 49.3 Å². The number of carbonyl (C=O) groups is 1. The quantitative estimate of drug-likeness (QED) is 0.886. The Morgan fingerprint density at radius 1 is 1.21 bits per heavy atom. The summed E-state index contributed by atoms with van der Waals surface area (Å²) in [5.41, 5.74) is -2.27. The van der Waals surface area contributed by atoms with Gasteiger partial charge in [0.25, 0.3) is 0 Å². The Morgan fingerprint density at radius 3 is 2.32 bits per heavy atom. The lowest BCUT2D eigenvalue weighted by atomic mass is 9.96. The number of carboxylic acid groups (broad SMARTS) is 1. The summed E-state index contributed by atoms with van der Waals surface area (Å²) in [4.78, 5) is 11.3. The highest BCUT2D eigenvalue weighted by molar-refractivity contribution is 5.83. The Kier molecular flexibility index (Phi) is 3.43. The van der Waals surface area contributed by atoms with Gasteiger partial charge in [-0.15, -0.1) is 0 Å². The first-order valence-corrected chi connectivity index (χ1v) is 6.03. The first kappa shape index (κ1) is 13.7. The van der Waals surface area contributed by atoms with E-state index in [2.05, 4.69) is 5.32 Å². The monoisotopic (exact) mass is 273 g/mol. The van der Waals surface area contributed by atoms with Crippen LogP contribution in [-0.2, 0) is 11.0 Å². The normalized spacial score (nSPS) is 18.3. The molecular weight excluding hydrogens is 259 g/mol. The first-order chi connectivity index (χ1) is 8.85. The number of carboxylic acids is 1. The van der Waals surface area contributed by atoms with Crippen LogP contribution in [0.2, 0.25) is 0 Å². The SMILES string of the molecule is O=C(O)C1(Nc2ccccc2C(F)(F)F)CCCC1. The molecule has 0 bridgehead atoms. The number of halogens is 3. The van der Waals surface area contributed by atoms with Gasteiger partial charge in [-0.1, -0.05) is 25.0 Å². The third kappa shape index (κ3) is 2.67. The molecule has 0 spiro atoms. The minimum atomic E-state index is -4.50. The van der Waals surface area contributed by atoms with Crippen LogP contribution in [0.25, 0.3) is 0 Å². The van der Waals surface area contributed by atoms with Gasteiger partial charge in [0.05, 0.1) is 5.56 Å². The van der Waals surface area contributed by atoms with Crippen molar-refractivity contribution in [1.82, 2.24) is 0 Å². The second-order valence-electron chi connectivity index (χ2n) is 4.76. The number of alkyl halides is 3. The zero-order valence-electron chi connectivity index (χ0n) is 10.1. The van der Waals surface area contributed by atoms with Crippen LogP contribution in [0.15, 0.2) is 24.3 Å². The van der Waals surface area contributed by atoms with Crippen molar-refractivity contribution in [1.29, 1.82) is 0 Å². The molecule has 0 heterocycles. The number of hydrogen-bond donors (Lipinski definition) is 2. The fourth-order valence-electron chi connectivity index (χ4n) is 2.47. The third-order valence-electron chi connectivity index (χ3n) is 3.47. The largest absolute Gasteiger partial charge is 0.480 e. The van der Waals surface area contributed by atoms with Gasteiger partial charge in [-0.3, -0.25) is 0 Å². The predicted molar refractivity (Wildman–Crippen MR) is 63.9 cm³/mol. The van der Waals surface area contributed by atoms with E-state index in [1.807, 2.05) is 0 Å². The van der Waals surface area contributed by atoms with Gasteiger partial charge < -0.3 is 10.4 Å². The average molecular weight is 273 g/mol. The Labute approximate surface area is 108 Å². The second-order valence-corrected chi connectivity index (χ2v) is 4.76. The van der Waals surface area contributed by atoms with Crippen LogP contribution in [0.1, 0.15) is 31.2 Å². The van der Waals surface area contributed by atoms with Crippen molar-refractivity contribution in [2.45, 2.75) is 37.4 Å². The summed E-state index contributed by atoms with van der Waals surface area (Å²) in [6.07, 6.45) is -2.41. The molecule has 2 N–H and O–H groups in total. The van der Waals surface area contributed by atoms with Crippen LogP contribution in [0, 0.1) is 0 Å². The maximum Gasteiger partial charge on any atom is 0.418 e. The smallest absolute Gasteiger partial charge is 0.418 e. The molecule has 0 aromatic heterocycles. The number of nitrogens with one attached hydrogen (secondary N) is 1. The van der Waals surface area contributed by atoms with Crippen LogP contribution < -0.4 is 5.32 Å². The van der Waals surface area contributed by atoms with Crippen molar-refractivity contribution in [2.24, 2.45) is 0 Å². The van der Waals surface area contributed by atoms with Gasteiger partial charge in [0.1, 0.15) is 5.54 Å². The van der Waals surface area contributed by atoms with Crippen LogP contribution >= 0.6 is 0 Å². The Hall–Kier alpha value is -1.72. The van der Waals surface area contributed by atoms with Crippen molar-refractivity contribution in [3.8, 4) is 0 Å². The Balaban J connectivity index is 2.35. The van der Waals surface area contributed by atoms with Crippen molar-refractivity contribution in [3.63, 3.8) is 0 Å². The molecule has 0 amide bonds. The second kappa shape index (κ2) is 4.75. The van der Waals surface area contributed by atoms with Crippen molar-refractivity contribution in [3.05, 3.63) is 29.8 Å². The molecule has 0 unspecified atom stereocenters. The molecule has 1 fully saturated rings. The molecular formula is C13H14F3NO2. The molecule has 0 radical (unpaired) electrons. The van der Waals surface area contributed by atoms with Gasteiger partial charge in [-0.05, 0) is 25.0 Å². The molecule has 19 heavy (non-hydrogen) atoms. The lowest BCUT2D eigenvalue weighted by Crippen LogP contribution is -2.44. The number of hydrogen-bond acceptors (Lipinski definition) is 2. The molecule has 0 aliphatic heterocycles. The average Bonchev–Trinajstić information content (AvgIpc) is 2.78. The molecule has 0 saturated heterocycles. The van der Waals surface area contributed by atoms with Gasteiger partial charge in [0, 0.05) is 5.69 Å². The number of aliphatic carboxylic acids is 1.